The lowest BCUT2D eigenvalue weighted by Crippen LogP contribution is -2.40. The molecule has 154 valence electrons. The van der Waals surface area contributed by atoms with Crippen LogP contribution in [0.3, 0.4) is 0 Å². The summed E-state index contributed by atoms with van der Waals surface area (Å²) in [5.41, 5.74) is 2.56. The summed E-state index contributed by atoms with van der Waals surface area (Å²) >= 11 is 0. The van der Waals surface area contributed by atoms with Crippen molar-refractivity contribution in [2.75, 3.05) is 57.3 Å². The van der Waals surface area contributed by atoms with E-state index in [1.807, 2.05) is 0 Å². The Labute approximate surface area is 171 Å². The number of hydrogen-bond acceptors (Lipinski definition) is 3. The Morgan fingerprint density at radius 3 is 2.46 bits per heavy atom. The Morgan fingerprint density at radius 1 is 1.11 bits per heavy atom. The Balaban J connectivity index is 1.56. The zero-order chi connectivity index (χ0) is 19.8. The number of rotatable bonds is 8. The van der Waals surface area contributed by atoms with E-state index in [1.54, 1.807) is 0 Å². The van der Waals surface area contributed by atoms with E-state index in [0.29, 0.717) is 0 Å². The fourth-order valence-electron chi connectivity index (χ4n) is 4.11. The predicted octanol–water partition coefficient (Wildman–Crippen LogP) is 3.19. The molecule has 1 N–H and O–H groups in total. The monoisotopic (exact) mass is 383 g/mol. The zero-order valence-corrected chi connectivity index (χ0v) is 17.9. The molecule has 0 spiro atoms. The second-order valence-electron chi connectivity index (χ2n) is 7.80. The molecule has 0 aromatic heterocycles. The fraction of sp³-hybridized carbons (Fsp3) is 0.609. The van der Waals surface area contributed by atoms with Gasteiger partial charge in [-0.05, 0) is 50.0 Å². The molecule has 1 aromatic rings. The third kappa shape index (κ3) is 5.51. The first-order valence-electron chi connectivity index (χ1n) is 11.0. The number of guanidine groups is 1. The molecule has 5 heteroatoms. The van der Waals surface area contributed by atoms with Crippen molar-refractivity contribution < 1.29 is 0 Å². The van der Waals surface area contributed by atoms with E-state index >= 15 is 0 Å². The second kappa shape index (κ2) is 10.5. The molecule has 0 aliphatic carbocycles. The van der Waals surface area contributed by atoms with Gasteiger partial charge in [0.05, 0.1) is 6.54 Å². The predicted molar refractivity (Wildman–Crippen MR) is 120 cm³/mol. The van der Waals surface area contributed by atoms with E-state index in [9.17, 15) is 0 Å². The van der Waals surface area contributed by atoms with Gasteiger partial charge in [0.15, 0.2) is 5.96 Å². The summed E-state index contributed by atoms with van der Waals surface area (Å²) in [4.78, 5) is 12.3. The van der Waals surface area contributed by atoms with Crippen LogP contribution in [0.4, 0.5) is 5.69 Å². The maximum Gasteiger partial charge on any atom is 0.194 e. The molecule has 1 atom stereocenters. The number of hydrogen-bond donors (Lipinski definition) is 1. The van der Waals surface area contributed by atoms with Gasteiger partial charge in [0.2, 0.25) is 0 Å². The minimum absolute atomic E-state index is 0.734. The van der Waals surface area contributed by atoms with Crippen molar-refractivity contribution >= 4 is 11.6 Å². The quantitative estimate of drug-likeness (QED) is 0.425. The fourth-order valence-corrected chi connectivity index (χ4v) is 4.11. The maximum absolute atomic E-state index is 4.94. The summed E-state index contributed by atoms with van der Waals surface area (Å²) < 4.78 is 0. The molecule has 2 heterocycles. The van der Waals surface area contributed by atoms with Gasteiger partial charge in [0.25, 0.3) is 0 Å². The molecule has 28 heavy (non-hydrogen) atoms. The van der Waals surface area contributed by atoms with Crippen LogP contribution in [-0.4, -0.2) is 68.1 Å². The van der Waals surface area contributed by atoms with E-state index in [1.165, 1.54) is 24.2 Å². The van der Waals surface area contributed by atoms with Crippen LogP contribution < -0.4 is 10.2 Å². The third-order valence-corrected chi connectivity index (χ3v) is 5.86. The molecule has 0 saturated carbocycles. The molecule has 2 aliphatic heterocycles. The molecule has 0 amide bonds. The summed E-state index contributed by atoms with van der Waals surface area (Å²) in [6, 6.07) is 8.88. The topological polar surface area (TPSA) is 34.1 Å². The van der Waals surface area contributed by atoms with Crippen molar-refractivity contribution in [2.45, 2.75) is 33.7 Å². The molecule has 1 unspecified atom stereocenters. The zero-order valence-electron chi connectivity index (χ0n) is 17.9. The largest absolute Gasteiger partial charge is 0.364 e. The summed E-state index contributed by atoms with van der Waals surface area (Å²) in [5, 5.41) is 3.50. The van der Waals surface area contributed by atoms with Gasteiger partial charge < -0.3 is 20.0 Å². The highest BCUT2D eigenvalue weighted by Crippen LogP contribution is 2.20. The minimum atomic E-state index is 0.734. The summed E-state index contributed by atoms with van der Waals surface area (Å²) in [6.07, 6.45) is 5.72. The van der Waals surface area contributed by atoms with Crippen LogP contribution in [0, 0.1) is 5.92 Å². The van der Waals surface area contributed by atoms with Gasteiger partial charge in [-0.25, -0.2) is 4.99 Å². The molecule has 2 aliphatic rings. The van der Waals surface area contributed by atoms with Gasteiger partial charge in [-0.15, -0.1) is 0 Å². The molecule has 1 aromatic carbocycles. The molecule has 3 rings (SSSR count). The minimum Gasteiger partial charge on any atom is -0.364 e. The van der Waals surface area contributed by atoms with Gasteiger partial charge in [-0.1, -0.05) is 38.1 Å². The third-order valence-electron chi connectivity index (χ3n) is 5.86. The van der Waals surface area contributed by atoms with E-state index in [-0.39, 0.29) is 0 Å². The average molecular weight is 384 g/mol. The highest BCUT2D eigenvalue weighted by atomic mass is 15.3. The number of aliphatic imine (C=N–C) groups is 1. The van der Waals surface area contributed by atoms with Crippen LogP contribution in [0.1, 0.15) is 32.8 Å². The van der Waals surface area contributed by atoms with Gasteiger partial charge >= 0.3 is 0 Å². The number of benzene rings is 1. The smallest absolute Gasteiger partial charge is 0.194 e. The van der Waals surface area contributed by atoms with Gasteiger partial charge in [0.1, 0.15) is 0 Å². The van der Waals surface area contributed by atoms with Crippen LogP contribution in [0.2, 0.25) is 0 Å². The van der Waals surface area contributed by atoms with Gasteiger partial charge in [0, 0.05) is 45.0 Å². The van der Waals surface area contributed by atoms with E-state index in [0.717, 1.165) is 64.2 Å². The first-order chi connectivity index (χ1) is 13.7. The molecule has 1 fully saturated rings. The normalized spacial score (nSPS) is 19.9. The molecule has 5 nitrogen and oxygen atoms in total. The Bertz CT molecular complexity index is 639. The molecular formula is C23H37N5. The Hall–Kier alpha value is -2.01. The van der Waals surface area contributed by atoms with E-state index < -0.39 is 0 Å². The SMILES string of the molecule is CCNC(=NCc1ccc(N2CC=CC2)cc1)N1CCC(CN(CC)CC)C1. The van der Waals surface area contributed by atoms with Crippen molar-refractivity contribution in [2.24, 2.45) is 10.9 Å². The van der Waals surface area contributed by atoms with Crippen LogP contribution in [-0.2, 0) is 6.54 Å². The van der Waals surface area contributed by atoms with Gasteiger partial charge in [-0.2, -0.15) is 0 Å². The van der Waals surface area contributed by atoms with Crippen molar-refractivity contribution in [3.05, 3.63) is 42.0 Å². The number of nitrogens with one attached hydrogen (secondary N) is 1. The van der Waals surface area contributed by atoms with Crippen LogP contribution in [0.25, 0.3) is 0 Å². The van der Waals surface area contributed by atoms with Gasteiger partial charge in [-0.3, -0.25) is 0 Å². The Kier molecular flexibility index (Phi) is 7.78. The van der Waals surface area contributed by atoms with Crippen LogP contribution in [0.15, 0.2) is 41.4 Å². The van der Waals surface area contributed by atoms with Crippen LogP contribution >= 0.6 is 0 Å². The van der Waals surface area contributed by atoms with Crippen LogP contribution in [0.5, 0.6) is 0 Å². The standard InChI is InChI=1S/C23H37N5/c1-4-24-23(28-16-13-21(19-28)18-26(5-2)6-3)25-17-20-9-11-22(12-10-20)27-14-7-8-15-27/h7-12,21H,4-6,13-19H2,1-3H3,(H,24,25). The summed E-state index contributed by atoms with van der Waals surface area (Å²) in [6.45, 7) is 16.1. The molecule has 0 radical (unpaired) electrons. The number of likely N-dealkylation sites (tertiary alicyclic amines) is 1. The lowest BCUT2D eigenvalue weighted by molar-refractivity contribution is 0.255. The van der Waals surface area contributed by atoms with E-state index in [4.69, 9.17) is 4.99 Å². The summed E-state index contributed by atoms with van der Waals surface area (Å²) in [7, 11) is 0. The average Bonchev–Trinajstić information content (AvgIpc) is 3.42. The Morgan fingerprint density at radius 2 is 1.82 bits per heavy atom. The van der Waals surface area contributed by atoms with Crippen molar-refractivity contribution in [3.8, 4) is 0 Å². The lowest BCUT2D eigenvalue weighted by Gasteiger charge is -2.24. The first kappa shape index (κ1) is 20.7. The highest BCUT2D eigenvalue weighted by molar-refractivity contribution is 5.80. The highest BCUT2D eigenvalue weighted by Gasteiger charge is 2.25. The van der Waals surface area contributed by atoms with Crippen molar-refractivity contribution in [3.63, 3.8) is 0 Å². The van der Waals surface area contributed by atoms with Crippen molar-refractivity contribution in [1.29, 1.82) is 0 Å². The summed E-state index contributed by atoms with van der Waals surface area (Å²) in [5.74, 6) is 1.81. The number of nitrogens with zero attached hydrogens (tertiary/aromatic N) is 4. The number of anilines is 1. The maximum atomic E-state index is 4.94. The first-order valence-corrected chi connectivity index (χ1v) is 11.0. The lowest BCUT2D eigenvalue weighted by atomic mass is 10.1. The second-order valence-corrected chi connectivity index (χ2v) is 7.80. The molecule has 0 bridgehead atoms. The molecule has 1 saturated heterocycles. The van der Waals surface area contributed by atoms with Crippen molar-refractivity contribution in [1.82, 2.24) is 15.1 Å². The molecular weight excluding hydrogens is 346 g/mol. The van der Waals surface area contributed by atoms with E-state index in [2.05, 4.69) is 77.2 Å².